The van der Waals surface area contributed by atoms with E-state index in [9.17, 15) is 0 Å². The summed E-state index contributed by atoms with van der Waals surface area (Å²) in [5.41, 5.74) is 5.36. The van der Waals surface area contributed by atoms with Crippen LogP contribution in [0.15, 0.2) is 239 Å². The van der Waals surface area contributed by atoms with Crippen LogP contribution in [0, 0.1) is 0 Å². The van der Waals surface area contributed by atoms with Gasteiger partial charge in [0.1, 0.15) is 6.15 Å². The van der Waals surface area contributed by atoms with Gasteiger partial charge in [0.05, 0.1) is 10.9 Å². The van der Waals surface area contributed by atoms with E-state index in [1.807, 2.05) is 0 Å². The first kappa shape index (κ1) is 31.1. The zero-order valence-corrected chi connectivity index (χ0v) is 27.7. The normalized spacial score (nSPS) is 11.1. The highest BCUT2D eigenvalue weighted by Crippen LogP contribution is 2.35. The fourth-order valence-electron chi connectivity index (χ4n) is 7.00. The van der Waals surface area contributed by atoms with Crippen molar-refractivity contribution in [3.8, 4) is 0 Å². The molecular weight excluding hydrogens is 595 g/mol. The molecule has 0 spiro atoms. The minimum absolute atomic E-state index is 0.0892. The van der Waals surface area contributed by atoms with Crippen LogP contribution >= 0.6 is 0 Å². The van der Waals surface area contributed by atoms with Gasteiger partial charge in [-0.2, -0.15) is 21.9 Å². The molecule has 0 N–H and O–H groups in total. The zero-order valence-electron chi connectivity index (χ0n) is 26.8. The van der Waals surface area contributed by atoms with Crippen LogP contribution in [0.25, 0.3) is 10.8 Å². The van der Waals surface area contributed by atoms with Gasteiger partial charge in [-0.3, -0.25) is 0 Å². The highest BCUT2D eigenvalue weighted by molar-refractivity contribution is 7.97. The molecule has 8 aromatic rings. The first-order valence-corrected chi connectivity index (χ1v) is 17.8. The molecule has 48 heavy (non-hydrogen) atoms. The molecule has 0 heterocycles. The highest BCUT2D eigenvalue weighted by Gasteiger charge is 2.31. The Bertz CT molecular complexity index is 1940. The van der Waals surface area contributed by atoms with Gasteiger partial charge < -0.3 is 0 Å². The predicted octanol–water partition coefficient (Wildman–Crippen LogP) is 9.00. The Morgan fingerprint density at radius 1 is 0.271 bits per heavy atom. The van der Waals surface area contributed by atoms with Crippen molar-refractivity contribution in [1.82, 2.24) is 0 Å². The van der Waals surface area contributed by atoms with Crippen LogP contribution in [-0.4, -0.2) is 6.15 Å². The molecule has 0 aliphatic carbocycles. The molecule has 0 saturated carbocycles. The van der Waals surface area contributed by atoms with Crippen LogP contribution in [0.2, 0.25) is 0 Å². The maximum atomic E-state index is 2.27. The van der Waals surface area contributed by atoms with Gasteiger partial charge in [-0.25, -0.2) is 0 Å². The van der Waals surface area contributed by atoms with Crippen molar-refractivity contribution >= 4 is 49.7 Å². The van der Waals surface area contributed by atoms with Gasteiger partial charge in [0, 0.05) is 5.39 Å². The summed E-state index contributed by atoms with van der Waals surface area (Å²) in [7, 11) is -0.0892. The van der Waals surface area contributed by atoms with Gasteiger partial charge in [-0.1, -0.05) is 188 Å². The quantitative estimate of drug-likeness (QED) is 0.122. The third kappa shape index (κ3) is 6.36. The van der Waals surface area contributed by atoms with Crippen molar-refractivity contribution in [3.05, 3.63) is 224 Å². The molecule has 2 heteroatoms. The van der Waals surface area contributed by atoms with Gasteiger partial charge in [-0.05, 0) is 41.8 Å². The van der Waals surface area contributed by atoms with Crippen molar-refractivity contribution in [1.29, 1.82) is 0 Å². The number of benzene rings is 8. The Hall–Kier alpha value is -5.57. The first-order valence-electron chi connectivity index (χ1n) is 16.6. The predicted molar refractivity (Wildman–Crippen MR) is 209 cm³/mol. The largest absolute Gasteiger partial charge is 0.195 e. The molecule has 0 amide bonds. The molecule has 0 radical (unpaired) electrons. The Kier molecular flexibility index (Phi) is 9.64. The lowest BCUT2D eigenvalue weighted by Gasteiger charge is -2.44. The summed E-state index contributed by atoms with van der Waals surface area (Å²) in [4.78, 5) is 4.10. The Balaban J connectivity index is 0.000000152. The average molecular weight is 633 g/mol. The molecule has 8 aromatic carbocycles. The van der Waals surface area contributed by atoms with Crippen LogP contribution in [-0.2, 0) is 10.9 Å². The van der Waals surface area contributed by atoms with Gasteiger partial charge >= 0.3 is 0 Å². The number of hydrogen-bond acceptors (Lipinski definition) is 0. The SMILES string of the molecule is c1ccc([B-](c2ccccc2)(c2ccccc2)c2ccccc2)cc1.c1ccc([S+](c2ccccc2)c2cccc3ccccc23)cc1. The van der Waals surface area contributed by atoms with Gasteiger partial charge in [-0.15, -0.1) is 0 Å². The lowest BCUT2D eigenvalue weighted by molar-refractivity contribution is 1.34. The van der Waals surface area contributed by atoms with Crippen LogP contribution in [0.1, 0.15) is 0 Å². The third-order valence-corrected chi connectivity index (χ3v) is 11.4. The van der Waals surface area contributed by atoms with Crippen LogP contribution in [0.5, 0.6) is 0 Å². The van der Waals surface area contributed by atoms with Crippen LogP contribution in [0.3, 0.4) is 0 Å². The van der Waals surface area contributed by atoms with Crippen molar-refractivity contribution in [3.63, 3.8) is 0 Å². The molecule has 0 fully saturated rings. The fourth-order valence-corrected chi connectivity index (χ4v) is 9.26. The second-order valence-corrected chi connectivity index (χ2v) is 13.9. The smallest absolute Gasteiger partial charge is 0.174 e. The van der Waals surface area contributed by atoms with E-state index in [1.165, 1.54) is 47.3 Å². The van der Waals surface area contributed by atoms with Crippen LogP contribution < -0.4 is 21.9 Å². The minimum Gasteiger partial charge on any atom is -0.195 e. The molecule has 0 aromatic heterocycles. The number of hydrogen-bond donors (Lipinski definition) is 0. The second kappa shape index (κ2) is 14.9. The molecule has 0 aliphatic rings. The molecule has 0 unspecified atom stereocenters. The van der Waals surface area contributed by atoms with E-state index in [0.717, 1.165) is 0 Å². The molecular formula is C46H37BS. The topological polar surface area (TPSA) is 0 Å². The Morgan fingerprint density at radius 2 is 0.583 bits per heavy atom. The van der Waals surface area contributed by atoms with E-state index in [1.54, 1.807) is 0 Å². The standard InChI is InChI=1S/C24H20B.C22H17S/c1-5-13-21(14-6-1)25(22-15-7-2-8-16-22,23-17-9-3-10-18-23)24-19-11-4-12-20-24;1-3-12-19(13-4-1)23(20-14-5-2-6-15-20)22-17-9-11-18-10-7-8-16-21(18)22/h1-20H;1-17H/q-1;+1. The third-order valence-electron chi connectivity index (χ3n) is 9.13. The van der Waals surface area contributed by atoms with E-state index in [2.05, 4.69) is 224 Å². The number of fused-ring (bicyclic) bond motifs is 1. The van der Waals surface area contributed by atoms with Crippen molar-refractivity contribution < 1.29 is 0 Å². The average Bonchev–Trinajstić information content (AvgIpc) is 3.18. The summed E-state index contributed by atoms with van der Waals surface area (Å²) in [6, 6.07) is 80.4. The summed E-state index contributed by atoms with van der Waals surface area (Å²) in [5, 5.41) is 2.64. The lowest BCUT2D eigenvalue weighted by Crippen LogP contribution is -2.74. The van der Waals surface area contributed by atoms with E-state index in [4.69, 9.17) is 0 Å². The van der Waals surface area contributed by atoms with Crippen molar-refractivity contribution in [2.24, 2.45) is 0 Å². The van der Waals surface area contributed by atoms with E-state index in [-0.39, 0.29) is 10.9 Å². The van der Waals surface area contributed by atoms with Crippen LogP contribution in [0.4, 0.5) is 0 Å². The van der Waals surface area contributed by atoms with E-state index < -0.39 is 6.15 Å². The summed E-state index contributed by atoms with van der Waals surface area (Å²) in [6.07, 6.45) is -1.22. The maximum Gasteiger partial charge on any atom is 0.174 e. The monoisotopic (exact) mass is 632 g/mol. The summed E-state index contributed by atoms with van der Waals surface area (Å²) >= 11 is 0. The molecule has 0 nitrogen and oxygen atoms in total. The van der Waals surface area contributed by atoms with Gasteiger partial charge in [0.2, 0.25) is 0 Å². The molecule has 0 atom stereocenters. The molecule has 8 rings (SSSR count). The summed E-state index contributed by atoms with van der Waals surface area (Å²) < 4.78 is 0. The summed E-state index contributed by atoms with van der Waals surface area (Å²) in [6.45, 7) is 0. The molecule has 0 saturated heterocycles. The first-order chi connectivity index (χ1) is 23.9. The fraction of sp³-hybridized carbons (Fsp3) is 0. The summed E-state index contributed by atoms with van der Waals surface area (Å²) in [5.74, 6) is 0. The molecule has 0 aliphatic heterocycles. The lowest BCUT2D eigenvalue weighted by atomic mass is 9.13. The van der Waals surface area contributed by atoms with Gasteiger partial charge in [0.25, 0.3) is 0 Å². The van der Waals surface area contributed by atoms with Gasteiger partial charge in [0.15, 0.2) is 14.7 Å². The minimum atomic E-state index is -1.22. The molecule has 230 valence electrons. The molecule has 0 bridgehead atoms. The maximum absolute atomic E-state index is 2.27. The van der Waals surface area contributed by atoms with E-state index in [0.29, 0.717) is 0 Å². The number of rotatable bonds is 7. The Labute approximate surface area is 287 Å². The zero-order chi connectivity index (χ0) is 32.4. The second-order valence-electron chi connectivity index (χ2n) is 11.9. The Morgan fingerprint density at radius 3 is 0.979 bits per heavy atom. The van der Waals surface area contributed by atoms with E-state index >= 15 is 0 Å². The van der Waals surface area contributed by atoms with Crippen molar-refractivity contribution in [2.75, 3.05) is 0 Å². The van der Waals surface area contributed by atoms with Crippen molar-refractivity contribution in [2.45, 2.75) is 14.7 Å². The highest BCUT2D eigenvalue weighted by atomic mass is 32.2.